The van der Waals surface area contributed by atoms with Gasteiger partial charge in [-0.25, -0.2) is 0 Å². The minimum atomic E-state index is -0.141. The molecule has 0 aliphatic heterocycles. The molecule has 10 heavy (non-hydrogen) atoms. The quantitative estimate of drug-likeness (QED) is 0.458. The first-order valence-electron chi connectivity index (χ1n) is 3.08. The molecule has 0 atom stereocenters. The number of nitriles is 1. The summed E-state index contributed by atoms with van der Waals surface area (Å²) in [5, 5.41) is 10.6. The molecule has 1 amide bonds. The molecular weight excluding hydrogens is 128 g/mol. The molecule has 3 heteroatoms. The third-order valence-electron chi connectivity index (χ3n) is 0.854. The number of carbonyl (C=O) groups is 1. The van der Waals surface area contributed by atoms with Gasteiger partial charge < -0.3 is 5.32 Å². The van der Waals surface area contributed by atoms with Crippen molar-refractivity contribution in [1.29, 1.82) is 5.26 Å². The number of hydrogen-bond acceptors (Lipinski definition) is 2. The summed E-state index contributed by atoms with van der Waals surface area (Å²) < 4.78 is 0. The van der Waals surface area contributed by atoms with Crippen LogP contribution < -0.4 is 5.32 Å². The van der Waals surface area contributed by atoms with Gasteiger partial charge in [0.15, 0.2) is 0 Å². The summed E-state index contributed by atoms with van der Waals surface area (Å²) in [6.07, 6.45) is 3.45. The summed E-state index contributed by atoms with van der Waals surface area (Å²) >= 11 is 0. The highest BCUT2D eigenvalue weighted by Gasteiger charge is 1.90. The Morgan fingerprint density at radius 2 is 2.50 bits per heavy atom. The van der Waals surface area contributed by atoms with Crippen LogP contribution in [0.2, 0.25) is 0 Å². The van der Waals surface area contributed by atoms with Crippen LogP contribution >= 0.6 is 0 Å². The molecule has 3 nitrogen and oxygen atoms in total. The van der Waals surface area contributed by atoms with Crippen molar-refractivity contribution in [2.45, 2.75) is 13.3 Å². The standard InChI is InChI=1S/C7H10N2O/c1-2-4-7(10)9-6-3-5-8/h2,4H,3,6H2,1H3,(H,9,10)/b4-2+. The molecule has 0 rings (SSSR count). The fourth-order valence-corrected chi connectivity index (χ4v) is 0.452. The molecule has 0 aliphatic carbocycles. The van der Waals surface area contributed by atoms with Crippen molar-refractivity contribution in [2.75, 3.05) is 6.54 Å². The predicted molar refractivity (Wildman–Crippen MR) is 38.1 cm³/mol. The van der Waals surface area contributed by atoms with Crippen LogP contribution in [0.15, 0.2) is 12.2 Å². The molecule has 1 N–H and O–H groups in total. The van der Waals surface area contributed by atoms with Gasteiger partial charge >= 0.3 is 0 Å². The highest BCUT2D eigenvalue weighted by atomic mass is 16.1. The van der Waals surface area contributed by atoms with Crippen molar-refractivity contribution in [2.24, 2.45) is 0 Å². The molecule has 0 aromatic rings. The summed E-state index contributed by atoms with van der Waals surface area (Å²) in [5.74, 6) is -0.141. The zero-order valence-electron chi connectivity index (χ0n) is 5.92. The number of rotatable bonds is 3. The molecule has 0 unspecified atom stereocenters. The molecule has 0 radical (unpaired) electrons. The minimum absolute atomic E-state index is 0.141. The van der Waals surface area contributed by atoms with Gasteiger partial charge in [-0.2, -0.15) is 5.26 Å². The summed E-state index contributed by atoms with van der Waals surface area (Å²) in [5.41, 5.74) is 0. The van der Waals surface area contributed by atoms with Crippen LogP contribution in [0.1, 0.15) is 13.3 Å². The lowest BCUT2D eigenvalue weighted by Gasteiger charge is -1.94. The number of amides is 1. The topological polar surface area (TPSA) is 52.9 Å². The van der Waals surface area contributed by atoms with Gasteiger partial charge in [0, 0.05) is 6.54 Å². The number of allylic oxidation sites excluding steroid dienone is 1. The van der Waals surface area contributed by atoms with E-state index in [0.717, 1.165) is 0 Å². The Balaban J connectivity index is 3.33. The van der Waals surface area contributed by atoms with Gasteiger partial charge in [-0.15, -0.1) is 0 Å². The van der Waals surface area contributed by atoms with Gasteiger partial charge in [0.1, 0.15) is 0 Å². The number of nitrogens with one attached hydrogen (secondary N) is 1. The summed E-state index contributed by atoms with van der Waals surface area (Å²) in [6.45, 7) is 2.20. The zero-order chi connectivity index (χ0) is 7.82. The Hall–Kier alpha value is -1.30. The van der Waals surface area contributed by atoms with Crippen LogP contribution in [0.4, 0.5) is 0 Å². The minimum Gasteiger partial charge on any atom is -0.352 e. The van der Waals surface area contributed by atoms with E-state index in [4.69, 9.17) is 5.26 Å². The Kier molecular flexibility index (Phi) is 5.07. The van der Waals surface area contributed by atoms with E-state index in [-0.39, 0.29) is 5.91 Å². The van der Waals surface area contributed by atoms with Crippen molar-refractivity contribution >= 4 is 5.91 Å². The average molecular weight is 138 g/mol. The van der Waals surface area contributed by atoms with Crippen LogP contribution in [0.3, 0.4) is 0 Å². The van der Waals surface area contributed by atoms with E-state index in [1.165, 1.54) is 6.08 Å². The molecular formula is C7H10N2O. The molecule has 0 spiro atoms. The lowest BCUT2D eigenvalue weighted by molar-refractivity contribution is -0.116. The number of nitrogens with zero attached hydrogens (tertiary/aromatic N) is 1. The van der Waals surface area contributed by atoms with Gasteiger partial charge in [0.25, 0.3) is 0 Å². The molecule has 0 saturated carbocycles. The third kappa shape index (κ3) is 4.85. The first kappa shape index (κ1) is 8.70. The number of hydrogen-bond donors (Lipinski definition) is 1. The Morgan fingerprint density at radius 1 is 1.80 bits per heavy atom. The monoisotopic (exact) mass is 138 g/mol. The van der Waals surface area contributed by atoms with Crippen molar-refractivity contribution < 1.29 is 4.79 Å². The molecule has 0 aliphatic rings. The third-order valence-corrected chi connectivity index (χ3v) is 0.854. The van der Waals surface area contributed by atoms with E-state index in [2.05, 4.69) is 5.32 Å². The smallest absolute Gasteiger partial charge is 0.243 e. The van der Waals surface area contributed by atoms with Gasteiger partial charge in [-0.05, 0) is 13.0 Å². The normalized spacial score (nSPS) is 9.20. The van der Waals surface area contributed by atoms with Gasteiger partial charge in [0.05, 0.1) is 12.5 Å². The lowest BCUT2D eigenvalue weighted by Crippen LogP contribution is -2.21. The zero-order valence-corrected chi connectivity index (χ0v) is 5.92. The summed E-state index contributed by atoms with van der Waals surface area (Å²) in [4.78, 5) is 10.6. The lowest BCUT2D eigenvalue weighted by atomic mass is 10.4. The molecule has 0 fully saturated rings. The fourth-order valence-electron chi connectivity index (χ4n) is 0.452. The number of carbonyl (C=O) groups excluding carboxylic acids is 1. The molecule has 0 aromatic carbocycles. The van der Waals surface area contributed by atoms with E-state index in [1.54, 1.807) is 13.0 Å². The highest BCUT2D eigenvalue weighted by Crippen LogP contribution is 1.73. The second-order valence-electron chi connectivity index (χ2n) is 1.70. The van der Waals surface area contributed by atoms with Crippen molar-refractivity contribution in [3.8, 4) is 6.07 Å². The molecule has 54 valence electrons. The van der Waals surface area contributed by atoms with E-state index in [1.807, 2.05) is 6.07 Å². The largest absolute Gasteiger partial charge is 0.352 e. The highest BCUT2D eigenvalue weighted by molar-refractivity contribution is 5.87. The van der Waals surface area contributed by atoms with Crippen LogP contribution in [0.5, 0.6) is 0 Å². The van der Waals surface area contributed by atoms with Crippen LogP contribution in [0, 0.1) is 11.3 Å². The van der Waals surface area contributed by atoms with Crippen LogP contribution in [-0.4, -0.2) is 12.5 Å². The Morgan fingerprint density at radius 3 is 3.00 bits per heavy atom. The molecule has 0 aromatic heterocycles. The predicted octanol–water partition coefficient (Wildman–Crippen LogP) is 0.592. The van der Waals surface area contributed by atoms with Gasteiger partial charge in [0.2, 0.25) is 5.91 Å². The maximum atomic E-state index is 10.6. The Bertz CT molecular complexity index is 167. The van der Waals surface area contributed by atoms with Gasteiger partial charge in [-0.1, -0.05) is 6.08 Å². The SMILES string of the molecule is C/C=C/C(=O)NCCC#N. The van der Waals surface area contributed by atoms with E-state index >= 15 is 0 Å². The maximum Gasteiger partial charge on any atom is 0.243 e. The van der Waals surface area contributed by atoms with Crippen molar-refractivity contribution in [3.05, 3.63) is 12.2 Å². The second-order valence-corrected chi connectivity index (χ2v) is 1.70. The molecule has 0 heterocycles. The first-order chi connectivity index (χ1) is 4.81. The van der Waals surface area contributed by atoms with E-state index < -0.39 is 0 Å². The summed E-state index contributed by atoms with van der Waals surface area (Å²) in [7, 11) is 0. The molecule has 0 saturated heterocycles. The average Bonchev–Trinajstić information content (AvgIpc) is 1.89. The van der Waals surface area contributed by atoms with E-state index in [9.17, 15) is 4.79 Å². The van der Waals surface area contributed by atoms with Crippen molar-refractivity contribution in [1.82, 2.24) is 5.32 Å². The second kappa shape index (κ2) is 5.83. The van der Waals surface area contributed by atoms with Crippen LogP contribution in [-0.2, 0) is 4.79 Å². The summed E-state index contributed by atoms with van der Waals surface area (Å²) in [6, 6.07) is 1.93. The first-order valence-corrected chi connectivity index (χ1v) is 3.08. The maximum absolute atomic E-state index is 10.6. The van der Waals surface area contributed by atoms with E-state index in [0.29, 0.717) is 13.0 Å². The Labute approximate surface area is 60.3 Å². The fraction of sp³-hybridized carbons (Fsp3) is 0.429. The van der Waals surface area contributed by atoms with Gasteiger partial charge in [-0.3, -0.25) is 4.79 Å². The molecule has 0 bridgehead atoms. The van der Waals surface area contributed by atoms with Crippen molar-refractivity contribution in [3.63, 3.8) is 0 Å². The van der Waals surface area contributed by atoms with Crippen LogP contribution in [0.25, 0.3) is 0 Å².